The van der Waals surface area contributed by atoms with Crippen molar-refractivity contribution in [3.63, 3.8) is 0 Å². The number of pyridine rings is 1. The first kappa shape index (κ1) is 20.7. The quantitative estimate of drug-likeness (QED) is 0.520. The second-order valence-corrected chi connectivity index (χ2v) is 7.84. The highest BCUT2D eigenvalue weighted by Gasteiger charge is 2.33. The Morgan fingerprint density at radius 2 is 1.84 bits per heavy atom. The molecule has 1 saturated heterocycles. The van der Waals surface area contributed by atoms with Crippen LogP contribution in [0.3, 0.4) is 0 Å². The number of anilines is 1. The number of aromatic nitrogens is 2. The molecule has 0 saturated carbocycles. The number of ether oxygens (including phenoxy) is 2. The third kappa shape index (κ3) is 4.06. The fourth-order valence-electron chi connectivity index (χ4n) is 3.35. The number of benzene rings is 1. The predicted molar refractivity (Wildman–Crippen MR) is 114 cm³/mol. The highest BCUT2D eigenvalue weighted by atomic mass is 32.1. The maximum atomic E-state index is 13.2. The van der Waals surface area contributed by atoms with E-state index in [0.29, 0.717) is 22.1 Å². The molecule has 0 atom stereocenters. The molecule has 1 aliphatic rings. The van der Waals surface area contributed by atoms with Crippen molar-refractivity contribution in [3.8, 4) is 11.5 Å². The highest BCUT2D eigenvalue weighted by Crippen LogP contribution is 2.40. The van der Waals surface area contributed by atoms with Crippen LogP contribution in [0.5, 0.6) is 11.5 Å². The Hall–Kier alpha value is -3.53. The number of fused-ring (bicyclic) bond motifs is 1. The summed E-state index contributed by atoms with van der Waals surface area (Å²) in [5.74, 6) is 0.0688. The third-order valence-electron chi connectivity index (χ3n) is 4.94. The lowest BCUT2D eigenvalue weighted by atomic mass is 10.2. The summed E-state index contributed by atoms with van der Waals surface area (Å²) in [5, 5.41) is 0.408. The normalized spacial score (nSPS) is 13.7. The van der Waals surface area contributed by atoms with Gasteiger partial charge in [0.05, 0.1) is 20.8 Å². The summed E-state index contributed by atoms with van der Waals surface area (Å²) in [4.78, 5) is 48.5. The SMILES string of the molecule is COc1ccc(OC)c2sc(N(Cc3cccnc3)C(=O)CN3C(=O)CCC3=O)nc12. The monoisotopic (exact) mass is 440 g/mol. The number of hydrogen-bond acceptors (Lipinski definition) is 8. The van der Waals surface area contributed by atoms with Crippen molar-refractivity contribution >= 4 is 44.4 Å². The average Bonchev–Trinajstić information content (AvgIpc) is 3.36. The molecule has 1 aromatic carbocycles. The van der Waals surface area contributed by atoms with Gasteiger partial charge in [0.2, 0.25) is 17.7 Å². The zero-order chi connectivity index (χ0) is 22.0. The van der Waals surface area contributed by atoms with E-state index in [1.165, 1.54) is 16.2 Å². The first-order valence-electron chi connectivity index (χ1n) is 9.55. The second-order valence-electron chi connectivity index (χ2n) is 6.86. The van der Waals surface area contributed by atoms with Crippen LogP contribution in [0.4, 0.5) is 5.13 Å². The Labute approximate surface area is 182 Å². The smallest absolute Gasteiger partial charge is 0.249 e. The van der Waals surface area contributed by atoms with Crippen LogP contribution in [0, 0.1) is 0 Å². The Morgan fingerprint density at radius 3 is 2.48 bits per heavy atom. The van der Waals surface area contributed by atoms with Crippen LogP contribution in [-0.4, -0.2) is 53.4 Å². The molecule has 0 spiro atoms. The number of nitrogens with zero attached hydrogens (tertiary/aromatic N) is 4. The molecule has 9 nitrogen and oxygen atoms in total. The topological polar surface area (TPSA) is 102 Å². The number of carbonyl (C=O) groups excluding carboxylic acids is 3. The fraction of sp³-hybridized carbons (Fsp3) is 0.286. The zero-order valence-corrected chi connectivity index (χ0v) is 17.8. The summed E-state index contributed by atoms with van der Waals surface area (Å²) < 4.78 is 11.6. The second kappa shape index (κ2) is 8.68. The molecule has 0 unspecified atom stereocenters. The molecule has 160 valence electrons. The Kier molecular flexibility index (Phi) is 5.81. The Morgan fingerprint density at radius 1 is 1.13 bits per heavy atom. The lowest BCUT2D eigenvalue weighted by Gasteiger charge is -2.22. The van der Waals surface area contributed by atoms with E-state index in [1.54, 1.807) is 44.8 Å². The molecule has 3 amide bonds. The molecule has 31 heavy (non-hydrogen) atoms. The van der Waals surface area contributed by atoms with E-state index < -0.39 is 5.91 Å². The Bertz CT molecular complexity index is 1090. The number of hydrogen-bond donors (Lipinski definition) is 0. The zero-order valence-electron chi connectivity index (χ0n) is 17.0. The maximum absolute atomic E-state index is 13.2. The van der Waals surface area contributed by atoms with Crippen LogP contribution < -0.4 is 14.4 Å². The lowest BCUT2D eigenvalue weighted by molar-refractivity contribution is -0.141. The molecule has 10 heteroatoms. The summed E-state index contributed by atoms with van der Waals surface area (Å²) in [6, 6.07) is 7.14. The van der Waals surface area contributed by atoms with Gasteiger partial charge >= 0.3 is 0 Å². The van der Waals surface area contributed by atoms with E-state index >= 15 is 0 Å². The van der Waals surface area contributed by atoms with Gasteiger partial charge in [0.1, 0.15) is 28.3 Å². The molecule has 4 rings (SSSR count). The molecular weight excluding hydrogens is 420 g/mol. The van der Waals surface area contributed by atoms with Gasteiger partial charge in [-0.25, -0.2) is 4.98 Å². The van der Waals surface area contributed by atoms with Gasteiger partial charge in [0.25, 0.3) is 0 Å². The molecule has 1 fully saturated rings. The van der Waals surface area contributed by atoms with Gasteiger partial charge in [0.15, 0.2) is 5.13 Å². The molecule has 0 N–H and O–H groups in total. The van der Waals surface area contributed by atoms with Gasteiger partial charge in [-0.3, -0.25) is 29.2 Å². The van der Waals surface area contributed by atoms with Gasteiger partial charge in [-0.05, 0) is 23.8 Å². The standard InChI is InChI=1S/C21H20N4O5S/c1-29-14-5-6-15(30-2)20-19(14)23-21(31-20)25(11-13-4-3-9-22-10-13)18(28)12-24-16(26)7-8-17(24)27/h3-6,9-10H,7-8,11-12H2,1-2H3. The summed E-state index contributed by atoms with van der Waals surface area (Å²) in [7, 11) is 3.10. The highest BCUT2D eigenvalue weighted by molar-refractivity contribution is 7.22. The van der Waals surface area contributed by atoms with E-state index in [1.807, 2.05) is 6.07 Å². The lowest BCUT2D eigenvalue weighted by Crippen LogP contribution is -2.42. The van der Waals surface area contributed by atoms with Gasteiger partial charge in [-0.15, -0.1) is 0 Å². The molecule has 0 bridgehead atoms. The molecule has 3 aromatic rings. The van der Waals surface area contributed by atoms with Crippen LogP contribution in [-0.2, 0) is 20.9 Å². The van der Waals surface area contributed by atoms with E-state index in [2.05, 4.69) is 9.97 Å². The number of thiazole rings is 1. The maximum Gasteiger partial charge on any atom is 0.249 e. The van der Waals surface area contributed by atoms with Crippen molar-refractivity contribution in [1.82, 2.24) is 14.9 Å². The first-order chi connectivity index (χ1) is 15.0. The summed E-state index contributed by atoms with van der Waals surface area (Å²) in [5.41, 5.74) is 1.35. The third-order valence-corrected chi connectivity index (χ3v) is 6.04. The van der Waals surface area contributed by atoms with Gasteiger partial charge in [0, 0.05) is 25.2 Å². The van der Waals surface area contributed by atoms with E-state index in [0.717, 1.165) is 15.2 Å². The molecule has 2 aromatic heterocycles. The summed E-state index contributed by atoms with van der Waals surface area (Å²) in [6.45, 7) is -0.143. The van der Waals surface area contributed by atoms with E-state index in [9.17, 15) is 14.4 Å². The largest absolute Gasteiger partial charge is 0.495 e. The predicted octanol–water partition coefficient (Wildman–Crippen LogP) is 2.39. The molecule has 0 aliphatic carbocycles. The van der Waals surface area contributed by atoms with Gasteiger partial charge < -0.3 is 9.47 Å². The minimum atomic E-state index is -0.413. The molecule has 3 heterocycles. The van der Waals surface area contributed by atoms with Crippen molar-refractivity contribution in [1.29, 1.82) is 0 Å². The van der Waals surface area contributed by atoms with Crippen molar-refractivity contribution in [2.45, 2.75) is 19.4 Å². The number of methoxy groups -OCH3 is 2. The fourth-order valence-corrected chi connectivity index (χ4v) is 4.44. The minimum Gasteiger partial charge on any atom is -0.495 e. The number of rotatable bonds is 7. The van der Waals surface area contributed by atoms with Gasteiger partial charge in [-0.1, -0.05) is 17.4 Å². The number of carbonyl (C=O) groups is 3. The van der Waals surface area contributed by atoms with Crippen LogP contribution >= 0.6 is 11.3 Å². The van der Waals surface area contributed by atoms with E-state index in [-0.39, 0.29) is 37.7 Å². The summed E-state index contributed by atoms with van der Waals surface area (Å²) in [6.07, 6.45) is 3.56. The Balaban J connectivity index is 1.74. The van der Waals surface area contributed by atoms with Crippen LogP contribution in [0.2, 0.25) is 0 Å². The minimum absolute atomic E-state index is 0.129. The van der Waals surface area contributed by atoms with E-state index in [4.69, 9.17) is 9.47 Å². The van der Waals surface area contributed by atoms with Crippen molar-refractivity contribution in [2.75, 3.05) is 25.7 Å². The average molecular weight is 440 g/mol. The molecular formula is C21H20N4O5S. The van der Waals surface area contributed by atoms with Crippen molar-refractivity contribution in [2.24, 2.45) is 0 Å². The van der Waals surface area contributed by atoms with Gasteiger partial charge in [-0.2, -0.15) is 0 Å². The first-order valence-corrected chi connectivity index (χ1v) is 10.4. The van der Waals surface area contributed by atoms with Crippen molar-refractivity contribution in [3.05, 3.63) is 42.2 Å². The van der Waals surface area contributed by atoms with Crippen LogP contribution in [0.1, 0.15) is 18.4 Å². The number of amides is 3. The van der Waals surface area contributed by atoms with Crippen LogP contribution in [0.25, 0.3) is 10.2 Å². The summed E-state index contributed by atoms with van der Waals surface area (Å²) >= 11 is 1.27. The number of likely N-dealkylation sites (tertiary alicyclic amines) is 1. The molecule has 1 aliphatic heterocycles. The van der Waals surface area contributed by atoms with Crippen molar-refractivity contribution < 1.29 is 23.9 Å². The van der Waals surface area contributed by atoms with Crippen LogP contribution in [0.15, 0.2) is 36.7 Å². The number of imide groups is 1. The molecule has 0 radical (unpaired) electrons.